The number of methoxy groups -OCH3 is 1. The van der Waals surface area contributed by atoms with Crippen LogP contribution in [0.1, 0.15) is 71.1 Å². The third-order valence-electron chi connectivity index (χ3n) is 6.20. The van der Waals surface area contributed by atoms with Gasteiger partial charge in [-0.3, -0.25) is 4.79 Å². The van der Waals surface area contributed by atoms with Gasteiger partial charge in [-0.15, -0.1) is 0 Å². The molecule has 0 aromatic rings. The van der Waals surface area contributed by atoms with Gasteiger partial charge in [-0.2, -0.15) is 0 Å². The van der Waals surface area contributed by atoms with E-state index >= 15 is 0 Å². The molecule has 1 aliphatic rings. The Morgan fingerprint density at radius 2 is 2.00 bits per heavy atom. The van der Waals surface area contributed by atoms with E-state index in [0.29, 0.717) is 38.5 Å². The van der Waals surface area contributed by atoms with Crippen LogP contribution in [0.25, 0.3) is 0 Å². The van der Waals surface area contributed by atoms with Crippen LogP contribution in [-0.2, 0) is 18.5 Å². The van der Waals surface area contributed by atoms with E-state index in [1.807, 2.05) is 32.2 Å². The molecule has 5 nitrogen and oxygen atoms in total. The number of alkyl halides is 2. The van der Waals surface area contributed by atoms with Crippen molar-refractivity contribution in [2.75, 3.05) is 7.11 Å². The Bertz CT molecular complexity index is 565. The minimum absolute atomic E-state index is 0.0142. The van der Waals surface area contributed by atoms with Gasteiger partial charge in [0.15, 0.2) is 0 Å². The van der Waals surface area contributed by atoms with Crippen molar-refractivity contribution >= 4 is 24.5 Å². The quantitative estimate of drug-likeness (QED) is 0.0980. The van der Waals surface area contributed by atoms with E-state index in [2.05, 4.69) is 14.2 Å². The molecular weight excluding hydrogens is 453 g/mol. The number of ether oxygens (including phenoxy) is 1. The lowest BCUT2D eigenvalue weighted by Crippen LogP contribution is -2.39. The highest BCUT2D eigenvalue weighted by Crippen LogP contribution is 2.42. The molecule has 0 aliphatic heterocycles. The molecule has 0 amide bonds. The van der Waals surface area contributed by atoms with Crippen LogP contribution in [0.15, 0.2) is 12.2 Å². The summed E-state index contributed by atoms with van der Waals surface area (Å²) < 4.78 is 45.6. The summed E-state index contributed by atoms with van der Waals surface area (Å²) in [4.78, 5) is 11.2. The molecule has 1 N–H and O–H groups in total. The zero-order valence-corrected chi connectivity index (χ0v) is 22.2. The van der Waals surface area contributed by atoms with E-state index in [1.165, 1.54) is 7.11 Å². The van der Waals surface area contributed by atoms with Crippen LogP contribution >= 0.6 is 9.47 Å². The summed E-state index contributed by atoms with van der Waals surface area (Å²) in [5.41, 5.74) is 0. The highest BCUT2D eigenvalue weighted by molar-refractivity contribution is 7.09. The van der Waals surface area contributed by atoms with E-state index < -0.39 is 27.2 Å². The number of aliphatic hydroxyl groups excluding tert-OH is 1. The fourth-order valence-corrected chi connectivity index (χ4v) is 5.60. The summed E-state index contributed by atoms with van der Waals surface area (Å²) in [5.74, 6) is -3.13. The lowest BCUT2D eigenvalue weighted by Gasteiger charge is -2.31. The number of esters is 1. The summed E-state index contributed by atoms with van der Waals surface area (Å²) in [5, 5.41) is 10.6. The number of rotatable bonds is 16. The van der Waals surface area contributed by atoms with Gasteiger partial charge < -0.3 is 18.8 Å². The number of hydrogen-bond donors (Lipinski definition) is 1. The molecule has 0 bridgehead atoms. The molecule has 1 saturated carbocycles. The Balaban J connectivity index is 2.73. The monoisotopic (exact) mass is 495 g/mol. The van der Waals surface area contributed by atoms with Gasteiger partial charge in [0, 0.05) is 28.7 Å². The van der Waals surface area contributed by atoms with Crippen molar-refractivity contribution in [1.82, 2.24) is 0 Å². The fraction of sp³-hybridized carbons (Fsp3) is 0.870. The molecule has 5 unspecified atom stereocenters. The third kappa shape index (κ3) is 10.2. The number of unbranched alkanes of at least 4 members (excludes halogenated alkanes) is 2. The Hall–Kier alpha value is -0.403. The number of carbonyl (C=O) groups is 1. The van der Waals surface area contributed by atoms with Crippen molar-refractivity contribution < 1.29 is 32.4 Å². The first-order valence-corrected chi connectivity index (χ1v) is 14.6. The van der Waals surface area contributed by atoms with E-state index in [0.717, 1.165) is 12.8 Å². The lowest BCUT2D eigenvalue weighted by atomic mass is 9.85. The molecular formula is C23H42F2O5PSi. The Labute approximate surface area is 196 Å². The molecule has 0 saturated heterocycles. The maximum Gasteiger partial charge on any atom is 0.305 e. The molecule has 9 heteroatoms. The van der Waals surface area contributed by atoms with Crippen molar-refractivity contribution in [2.45, 2.75) is 108 Å². The molecule has 1 rings (SSSR count). The molecule has 1 aliphatic carbocycles. The molecule has 6 atom stereocenters. The number of allylic oxidation sites excluding steroid dienone is 2. The minimum Gasteiger partial charge on any atom is -0.469 e. The van der Waals surface area contributed by atoms with Crippen LogP contribution in [0.5, 0.6) is 0 Å². The zero-order chi connectivity index (χ0) is 24.1. The molecule has 32 heavy (non-hydrogen) atoms. The second kappa shape index (κ2) is 15.5. The second-order valence-electron chi connectivity index (χ2n) is 8.94. The van der Waals surface area contributed by atoms with Gasteiger partial charge in [-0.25, -0.2) is 8.78 Å². The lowest BCUT2D eigenvalue weighted by molar-refractivity contribution is -0.140. The maximum atomic E-state index is 14.8. The average molecular weight is 496 g/mol. The van der Waals surface area contributed by atoms with Gasteiger partial charge in [-0.1, -0.05) is 25.5 Å². The van der Waals surface area contributed by atoms with Crippen LogP contribution in [0.4, 0.5) is 8.78 Å². The van der Waals surface area contributed by atoms with E-state index in [1.54, 1.807) is 0 Å². The van der Waals surface area contributed by atoms with Gasteiger partial charge in [-0.05, 0) is 63.5 Å². The van der Waals surface area contributed by atoms with Crippen molar-refractivity contribution in [3.63, 3.8) is 0 Å². The van der Waals surface area contributed by atoms with Gasteiger partial charge >= 0.3 is 5.97 Å². The zero-order valence-electron chi connectivity index (χ0n) is 20.0. The topological polar surface area (TPSA) is 65.0 Å². The Kier molecular flexibility index (Phi) is 14.3. The van der Waals surface area contributed by atoms with Crippen LogP contribution < -0.4 is 0 Å². The molecule has 1 fully saturated rings. The highest BCUT2D eigenvalue weighted by Gasteiger charge is 2.45. The average Bonchev–Trinajstić information content (AvgIpc) is 3.05. The highest BCUT2D eigenvalue weighted by atomic mass is 31.0. The Morgan fingerprint density at radius 3 is 2.59 bits per heavy atom. The van der Waals surface area contributed by atoms with Crippen LogP contribution in [0.2, 0.25) is 13.1 Å². The van der Waals surface area contributed by atoms with Crippen molar-refractivity contribution in [3.05, 3.63) is 12.2 Å². The number of carbonyl (C=O) groups excluding carboxylic acids is 1. The molecule has 0 spiro atoms. The van der Waals surface area contributed by atoms with Gasteiger partial charge in [0.25, 0.3) is 5.92 Å². The third-order valence-corrected chi connectivity index (χ3v) is 7.30. The van der Waals surface area contributed by atoms with Gasteiger partial charge in [0.05, 0.1) is 19.3 Å². The summed E-state index contributed by atoms with van der Waals surface area (Å²) >= 11 is 0. The molecule has 1 radical (unpaired) electrons. The van der Waals surface area contributed by atoms with Crippen molar-refractivity contribution in [3.8, 4) is 0 Å². The summed E-state index contributed by atoms with van der Waals surface area (Å²) in [6.07, 6.45) is 7.07. The first-order valence-electron chi connectivity index (χ1n) is 11.8. The van der Waals surface area contributed by atoms with Crippen molar-refractivity contribution in [2.24, 2.45) is 11.8 Å². The van der Waals surface area contributed by atoms with E-state index in [9.17, 15) is 18.7 Å². The largest absolute Gasteiger partial charge is 0.469 e. The van der Waals surface area contributed by atoms with E-state index in [4.69, 9.17) is 8.95 Å². The number of halogens is 2. The van der Waals surface area contributed by atoms with Crippen LogP contribution in [0, 0.1) is 11.8 Å². The first kappa shape index (κ1) is 29.6. The van der Waals surface area contributed by atoms with Crippen molar-refractivity contribution in [1.29, 1.82) is 0 Å². The number of aliphatic hydroxyl groups is 1. The molecule has 187 valence electrons. The van der Waals surface area contributed by atoms with Gasteiger partial charge in [0.2, 0.25) is 9.04 Å². The normalized spacial score (nSPS) is 25.0. The standard InChI is InChI=1S/C23H42F2O5PSi/c1-5-6-15-23(24,25)21(30-32(3)4)14-13-18-17(19(26)16-20(18)29-31)11-9-7-8-10-12-22(27)28-2/h7,9,17-21,26H,5-6,8,10-16,31H2,1-4H3/b9-7-/t17?,18-,19?,20?,21?/m1/s1. The van der Waals surface area contributed by atoms with E-state index in [-0.39, 0.29) is 36.8 Å². The van der Waals surface area contributed by atoms with Gasteiger partial charge in [0.1, 0.15) is 6.10 Å². The summed E-state index contributed by atoms with van der Waals surface area (Å²) in [6, 6.07) is 0. The molecule has 0 aromatic carbocycles. The van der Waals surface area contributed by atoms with Crippen LogP contribution in [0.3, 0.4) is 0 Å². The Morgan fingerprint density at radius 1 is 1.28 bits per heavy atom. The molecule has 0 heterocycles. The molecule has 0 aromatic heterocycles. The second-order valence-corrected chi connectivity index (χ2v) is 11.3. The fourth-order valence-electron chi connectivity index (χ4n) is 4.43. The SMILES string of the molecule is CCCCC(F)(F)C(CC[C@H]1C(OP)CC(O)C1C/C=C\CCCC(=O)OC)O[Si](C)C. The summed E-state index contributed by atoms with van der Waals surface area (Å²) in [7, 11) is 2.38. The first-order chi connectivity index (χ1) is 15.2. The number of hydrogen-bond acceptors (Lipinski definition) is 5. The minimum atomic E-state index is -2.85. The van der Waals surface area contributed by atoms with Crippen LogP contribution in [-0.4, -0.2) is 51.5 Å². The predicted molar refractivity (Wildman–Crippen MR) is 128 cm³/mol. The maximum absolute atomic E-state index is 14.8. The smallest absolute Gasteiger partial charge is 0.305 e. The predicted octanol–water partition coefficient (Wildman–Crippen LogP) is 5.69. The summed E-state index contributed by atoms with van der Waals surface area (Å²) in [6.45, 7) is 5.68.